The van der Waals surface area contributed by atoms with Crippen LogP contribution >= 0.6 is 15.8 Å². The molecule has 0 amide bonds. The Labute approximate surface area is 359 Å². The average Bonchev–Trinajstić information content (AvgIpc) is 3.67. The summed E-state index contributed by atoms with van der Waals surface area (Å²) in [5.74, 6) is 0.608. The summed E-state index contributed by atoms with van der Waals surface area (Å²) in [6.07, 6.45) is -16.5. The molecule has 5 aromatic rings. The molecule has 0 spiro atoms. The highest BCUT2D eigenvalue weighted by Gasteiger charge is 2.42. The highest BCUT2D eigenvalue weighted by atomic mass is 31.1. The molecule has 0 heterocycles. The maximum absolute atomic E-state index is 14.3. The van der Waals surface area contributed by atoms with Crippen LogP contribution < -0.4 is 36.0 Å². The molecule has 0 N–H and O–H groups in total. The second-order valence-corrected chi connectivity index (χ2v) is 20.0. The minimum absolute atomic E-state index is 0.127. The fourth-order valence-corrected chi connectivity index (χ4v) is 13.9. The number of hydrogen-bond donors (Lipinski definition) is 0. The summed E-state index contributed by atoms with van der Waals surface area (Å²) >= 11 is 0. The molecule has 1 aliphatic rings. The van der Waals surface area contributed by atoms with Gasteiger partial charge in [-0.25, -0.2) is 0 Å². The summed E-state index contributed by atoms with van der Waals surface area (Å²) in [7, 11) is -1.20. The molecule has 63 heavy (non-hydrogen) atoms. The van der Waals surface area contributed by atoms with Gasteiger partial charge in [-0.05, 0) is 159 Å². The van der Waals surface area contributed by atoms with Crippen molar-refractivity contribution in [3.05, 3.63) is 159 Å². The van der Waals surface area contributed by atoms with E-state index in [1.165, 1.54) is 6.92 Å². The summed E-state index contributed by atoms with van der Waals surface area (Å²) in [6.45, 7) is 9.02. The molecule has 0 radical (unpaired) electrons. The van der Waals surface area contributed by atoms with Crippen molar-refractivity contribution in [1.82, 2.24) is 0 Å². The SMILES string of the molecule is COc1c(C)cc(P(c2cc(C)c(OC)c(C)c2)c2ccccc2C2C=CC=C2C(C)P(c2cc(C(F)(F)F)cc(C(F)(F)F)c2)c2cc(C(F)(F)F)cc(C(F)(F)F)c2)cc1C. The molecule has 0 aliphatic heterocycles. The van der Waals surface area contributed by atoms with Gasteiger partial charge in [0.05, 0.1) is 36.5 Å². The fraction of sp³-hybridized carbons (Fsp3) is 0.277. The first-order chi connectivity index (χ1) is 29.2. The van der Waals surface area contributed by atoms with Gasteiger partial charge >= 0.3 is 24.7 Å². The van der Waals surface area contributed by atoms with Crippen LogP contribution in [0, 0.1) is 27.7 Å². The molecule has 334 valence electrons. The highest BCUT2D eigenvalue weighted by molar-refractivity contribution is 7.80. The zero-order valence-electron chi connectivity index (χ0n) is 34.7. The third-order valence-corrected chi connectivity index (χ3v) is 16.0. The molecule has 0 saturated carbocycles. The Kier molecular flexibility index (Phi) is 13.3. The number of ether oxygens (including phenoxy) is 2. The number of halogens is 12. The Hall–Kier alpha value is -4.80. The molecular weight excluding hydrogens is 886 g/mol. The molecular formula is C47H40F12O2P2. The van der Waals surface area contributed by atoms with Crippen LogP contribution in [0.1, 0.15) is 62.9 Å². The molecule has 2 atom stereocenters. The van der Waals surface area contributed by atoms with Gasteiger partial charge in [-0.1, -0.05) is 55.0 Å². The number of allylic oxidation sites excluding steroid dienone is 4. The van der Waals surface area contributed by atoms with Crippen LogP contribution in [-0.2, 0) is 24.7 Å². The van der Waals surface area contributed by atoms with Crippen LogP contribution in [0.5, 0.6) is 11.5 Å². The zero-order valence-corrected chi connectivity index (χ0v) is 36.5. The van der Waals surface area contributed by atoms with Crippen molar-refractivity contribution < 1.29 is 62.2 Å². The van der Waals surface area contributed by atoms with E-state index in [0.29, 0.717) is 46.9 Å². The molecule has 1 aliphatic carbocycles. The molecule has 6 rings (SSSR count). The van der Waals surface area contributed by atoms with Gasteiger partial charge in [0.15, 0.2) is 0 Å². The summed E-state index contributed by atoms with van der Waals surface area (Å²) < 4.78 is 183. The maximum atomic E-state index is 14.3. The minimum atomic E-state index is -5.35. The van der Waals surface area contributed by atoms with E-state index >= 15 is 0 Å². The third kappa shape index (κ3) is 9.97. The molecule has 16 heteroatoms. The Balaban J connectivity index is 1.61. The highest BCUT2D eigenvalue weighted by Crippen LogP contribution is 2.52. The molecule has 0 bridgehead atoms. The van der Waals surface area contributed by atoms with Gasteiger partial charge in [-0.3, -0.25) is 0 Å². The Morgan fingerprint density at radius 3 is 1.22 bits per heavy atom. The predicted molar refractivity (Wildman–Crippen MR) is 226 cm³/mol. The first-order valence-corrected chi connectivity index (χ1v) is 22.0. The molecule has 0 aromatic heterocycles. The van der Waals surface area contributed by atoms with Crippen molar-refractivity contribution >= 4 is 42.4 Å². The van der Waals surface area contributed by atoms with Crippen molar-refractivity contribution in [2.24, 2.45) is 0 Å². The molecule has 0 fully saturated rings. The van der Waals surface area contributed by atoms with Gasteiger partial charge in [-0.15, -0.1) is 0 Å². The number of rotatable bonds is 10. The van der Waals surface area contributed by atoms with Crippen molar-refractivity contribution in [3.8, 4) is 11.5 Å². The van der Waals surface area contributed by atoms with E-state index in [9.17, 15) is 52.7 Å². The predicted octanol–water partition coefficient (Wildman–Crippen LogP) is 12.9. The number of alkyl halides is 12. The second-order valence-electron chi connectivity index (χ2n) is 15.2. The molecule has 0 saturated heterocycles. The Morgan fingerprint density at radius 1 is 0.508 bits per heavy atom. The van der Waals surface area contributed by atoms with E-state index in [1.807, 2.05) is 70.2 Å². The lowest BCUT2D eigenvalue weighted by atomic mass is 9.92. The number of benzene rings is 5. The van der Waals surface area contributed by atoms with Crippen molar-refractivity contribution in [3.63, 3.8) is 0 Å². The Bertz CT molecular complexity index is 2340. The second kappa shape index (κ2) is 17.6. The molecule has 2 unspecified atom stereocenters. The van der Waals surface area contributed by atoms with Crippen molar-refractivity contribution in [2.45, 2.75) is 70.9 Å². The van der Waals surface area contributed by atoms with Crippen LogP contribution in [0.3, 0.4) is 0 Å². The van der Waals surface area contributed by atoms with Gasteiger partial charge in [0, 0.05) is 11.6 Å². The normalized spacial score (nSPS) is 15.3. The lowest BCUT2D eigenvalue weighted by Gasteiger charge is -2.33. The summed E-state index contributed by atoms with van der Waals surface area (Å²) in [5, 5.41) is 1.21. The average molecular weight is 927 g/mol. The van der Waals surface area contributed by atoms with Gasteiger partial charge in [0.2, 0.25) is 0 Å². The minimum Gasteiger partial charge on any atom is -0.496 e. The largest absolute Gasteiger partial charge is 0.496 e. The number of aryl methyl sites for hydroxylation is 4. The fourth-order valence-electron chi connectivity index (χ4n) is 8.21. The van der Waals surface area contributed by atoms with E-state index in [0.717, 1.165) is 38.2 Å². The van der Waals surface area contributed by atoms with Gasteiger partial charge < -0.3 is 9.47 Å². The van der Waals surface area contributed by atoms with Crippen LogP contribution in [0.25, 0.3) is 0 Å². The number of hydrogen-bond acceptors (Lipinski definition) is 2. The van der Waals surface area contributed by atoms with Crippen LogP contribution in [0.4, 0.5) is 52.7 Å². The standard InChI is InChI=1S/C47H40F12O2P2/c1-25-15-34(16-26(2)42(25)60-6)63(35-17-27(3)43(61-7)28(4)18-35)41-14-9-8-11-40(41)39-13-10-12-38(39)29(5)62(36-21-30(44(48,49)50)19-31(22-36)45(51,52)53)37-23-32(46(54,55)56)20-33(24-37)47(57,58)59/h8-24,29,39H,1-7H3. The molecule has 5 aromatic carbocycles. The lowest BCUT2D eigenvalue weighted by molar-refractivity contribution is -0.144. The van der Waals surface area contributed by atoms with E-state index in [2.05, 4.69) is 0 Å². The third-order valence-electron chi connectivity index (χ3n) is 10.8. The topological polar surface area (TPSA) is 18.5 Å². The van der Waals surface area contributed by atoms with Crippen LogP contribution in [0.2, 0.25) is 0 Å². The smallest absolute Gasteiger partial charge is 0.416 e. The first kappa shape index (κ1) is 47.7. The zero-order chi connectivity index (χ0) is 46.6. The van der Waals surface area contributed by atoms with Crippen molar-refractivity contribution in [1.29, 1.82) is 0 Å². The summed E-state index contributed by atoms with van der Waals surface area (Å²) in [4.78, 5) is 0. The van der Waals surface area contributed by atoms with Gasteiger partial charge in [-0.2, -0.15) is 52.7 Å². The summed E-state index contributed by atoms with van der Waals surface area (Å²) in [5.41, 5.74) is -3.81. The quantitative estimate of drug-likeness (QED) is 0.103. The Morgan fingerprint density at radius 2 is 0.873 bits per heavy atom. The maximum Gasteiger partial charge on any atom is 0.416 e. The van der Waals surface area contributed by atoms with E-state index in [1.54, 1.807) is 38.5 Å². The lowest BCUT2D eigenvalue weighted by Crippen LogP contribution is -2.29. The van der Waals surface area contributed by atoms with Gasteiger partial charge in [0.25, 0.3) is 0 Å². The molecule has 2 nitrogen and oxygen atoms in total. The first-order valence-electron chi connectivity index (χ1n) is 19.2. The van der Waals surface area contributed by atoms with E-state index in [4.69, 9.17) is 9.47 Å². The van der Waals surface area contributed by atoms with E-state index < -0.39 is 85.0 Å². The summed E-state index contributed by atoms with van der Waals surface area (Å²) in [6, 6.07) is 16.6. The van der Waals surface area contributed by atoms with Crippen molar-refractivity contribution in [2.75, 3.05) is 14.2 Å². The van der Waals surface area contributed by atoms with Gasteiger partial charge in [0.1, 0.15) is 11.5 Å². The number of methoxy groups -OCH3 is 2. The monoisotopic (exact) mass is 926 g/mol. The van der Waals surface area contributed by atoms with E-state index in [-0.39, 0.29) is 12.1 Å². The van der Waals surface area contributed by atoms with Crippen LogP contribution in [0.15, 0.2) is 109 Å². The van der Waals surface area contributed by atoms with Crippen LogP contribution in [-0.4, -0.2) is 19.9 Å².